The molecule has 1 fully saturated rings. The molecule has 1 aliphatic rings. The monoisotopic (exact) mass is 146 g/mol. The van der Waals surface area contributed by atoms with Gasteiger partial charge in [0.05, 0.1) is 0 Å². The van der Waals surface area contributed by atoms with Crippen LogP contribution in [0.25, 0.3) is 0 Å². The van der Waals surface area contributed by atoms with E-state index >= 15 is 0 Å². The first kappa shape index (κ1) is 7.09. The van der Waals surface area contributed by atoms with Gasteiger partial charge < -0.3 is 4.74 Å². The van der Waals surface area contributed by atoms with E-state index in [1.165, 1.54) is 18.2 Å². The fourth-order valence-corrected chi connectivity index (χ4v) is 1.48. The van der Waals surface area contributed by atoms with Crippen LogP contribution in [-0.2, 0) is 9.53 Å². The largest absolute Gasteiger partial charge is 0.367 e. The molecule has 0 aromatic heterocycles. The number of ether oxygens (including phenoxy) is 1. The lowest BCUT2D eigenvalue weighted by molar-refractivity contribution is 0.0735. The molecule has 1 unspecified atom stereocenters. The molecule has 0 aromatic rings. The molecule has 52 valence electrons. The zero-order valence-corrected chi connectivity index (χ0v) is 6.02. The molecular formula is C6H10O2S. The van der Waals surface area contributed by atoms with Gasteiger partial charge in [-0.3, -0.25) is 4.79 Å². The molecule has 1 atom stereocenters. The van der Waals surface area contributed by atoms with E-state index in [2.05, 4.69) is 0 Å². The molecule has 1 aliphatic heterocycles. The third-order valence-corrected chi connectivity index (χ3v) is 2.13. The highest BCUT2D eigenvalue weighted by Gasteiger charge is 2.12. The number of carbonyl (C=O) groups excluding carboxylic acids is 1. The third-order valence-electron chi connectivity index (χ3n) is 1.35. The Morgan fingerprint density at radius 1 is 1.56 bits per heavy atom. The Morgan fingerprint density at radius 2 is 2.44 bits per heavy atom. The van der Waals surface area contributed by atoms with Crippen LogP contribution in [0.1, 0.15) is 19.3 Å². The predicted octanol–water partition coefficient (Wildman–Crippen LogP) is 1.44. The van der Waals surface area contributed by atoms with E-state index in [0.717, 1.165) is 25.1 Å². The van der Waals surface area contributed by atoms with Gasteiger partial charge in [0.1, 0.15) is 5.44 Å². The van der Waals surface area contributed by atoms with Gasteiger partial charge in [0, 0.05) is 6.61 Å². The fraction of sp³-hybridized carbons (Fsp3) is 0.833. The van der Waals surface area contributed by atoms with Crippen molar-refractivity contribution >= 4 is 17.4 Å². The average Bonchev–Trinajstić information content (AvgIpc) is 1.91. The summed E-state index contributed by atoms with van der Waals surface area (Å²) in [7, 11) is 0. The Kier molecular flexibility index (Phi) is 3.08. The van der Waals surface area contributed by atoms with Crippen LogP contribution in [0.2, 0.25) is 0 Å². The van der Waals surface area contributed by atoms with Gasteiger partial charge in [0.2, 0.25) is 0 Å². The quantitative estimate of drug-likeness (QED) is 0.551. The lowest BCUT2D eigenvalue weighted by Gasteiger charge is -2.19. The third kappa shape index (κ3) is 2.37. The van der Waals surface area contributed by atoms with E-state index in [9.17, 15) is 4.79 Å². The second kappa shape index (κ2) is 3.90. The van der Waals surface area contributed by atoms with Crippen LogP contribution in [0.4, 0.5) is 0 Å². The highest BCUT2D eigenvalue weighted by molar-refractivity contribution is 8.12. The molecule has 9 heavy (non-hydrogen) atoms. The van der Waals surface area contributed by atoms with Crippen molar-refractivity contribution in [2.24, 2.45) is 0 Å². The van der Waals surface area contributed by atoms with Crippen molar-refractivity contribution < 1.29 is 9.53 Å². The normalized spacial score (nSPS) is 27.8. The highest BCUT2D eigenvalue weighted by Crippen LogP contribution is 2.20. The summed E-state index contributed by atoms with van der Waals surface area (Å²) in [4.78, 5) is 9.96. The van der Waals surface area contributed by atoms with E-state index in [0.29, 0.717) is 0 Å². The van der Waals surface area contributed by atoms with Gasteiger partial charge in [-0.25, -0.2) is 0 Å². The lowest BCUT2D eigenvalue weighted by atomic mass is 10.2. The predicted molar refractivity (Wildman–Crippen MR) is 37.9 cm³/mol. The summed E-state index contributed by atoms with van der Waals surface area (Å²) >= 11 is 1.25. The summed E-state index contributed by atoms with van der Waals surface area (Å²) in [6.07, 6.45) is 3.38. The number of thioether (sulfide) groups is 1. The number of rotatable bonds is 2. The van der Waals surface area contributed by atoms with Gasteiger partial charge in [-0.15, -0.1) is 0 Å². The maximum Gasteiger partial charge on any atom is 0.178 e. The van der Waals surface area contributed by atoms with E-state index in [-0.39, 0.29) is 5.44 Å². The SMILES string of the molecule is O=CSC1CCCCO1. The van der Waals surface area contributed by atoms with E-state index in [1.807, 2.05) is 0 Å². The maximum absolute atomic E-state index is 9.96. The van der Waals surface area contributed by atoms with Crippen LogP contribution in [-0.4, -0.2) is 17.7 Å². The summed E-state index contributed by atoms with van der Waals surface area (Å²) < 4.78 is 5.25. The molecule has 0 spiro atoms. The zero-order valence-electron chi connectivity index (χ0n) is 5.21. The lowest BCUT2D eigenvalue weighted by Crippen LogP contribution is -2.14. The van der Waals surface area contributed by atoms with Gasteiger partial charge in [-0.05, 0) is 19.3 Å². The maximum atomic E-state index is 9.96. The van der Waals surface area contributed by atoms with Crippen LogP contribution in [0, 0.1) is 0 Å². The topological polar surface area (TPSA) is 26.3 Å². The Morgan fingerprint density at radius 3 is 3.00 bits per heavy atom. The Balaban J connectivity index is 2.15. The van der Waals surface area contributed by atoms with Crippen molar-refractivity contribution in [2.45, 2.75) is 24.7 Å². The standard InChI is InChI=1S/C6H10O2S/c7-5-9-6-3-1-2-4-8-6/h5-6H,1-4H2. The van der Waals surface area contributed by atoms with Crippen LogP contribution in [0.3, 0.4) is 0 Å². The highest BCUT2D eigenvalue weighted by atomic mass is 32.2. The minimum absolute atomic E-state index is 0.149. The van der Waals surface area contributed by atoms with Gasteiger partial charge in [0.15, 0.2) is 5.62 Å². The molecule has 0 N–H and O–H groups in total. The zero-order chi connectivity index (χ0) is 6.53. The first-order chi connectivity index (χ1) is 4.43. The van der Waals surface area contributed by atoms with Crippen LogP contribution in [0.15, 0.2) is 0 Å². The van der Waals surface area contributed by atoms with Gasteiger partial charge in [-0.1, -0.05) is 11.8 Å². The number of hydrogen-bond donors (Lipinski definition) is 0. The van der Waals surface area contributed by atoms with E-state index in [1.54, 1.807) is 0 Å². The van der Waals surface area contributed by atoms with Gasteiger partial charge in [0.25, 0.3) is 0 Å². The summed E-state index contributed by atoms with van der Waals surface area (Å²) in [5.41, 5.74) is 1.01. The molecular weight excluding hydrogens is 136 g/mol. The number of hydrogen-bond acceptors (Lipinski definition) is 3. The molecule has 0 amide bonds. The summed E-state index contributed by atoms with van der Waals surface area (Å²) in [5.74, 6) is 0. The Labute approximate surface area is 59.0 Å². The van der Waals surface area contributed by atoms with E-state index in [4.69, 9.17) is 4.74 Å². The summed E-state index contributed by atoms with van der Waals surface area (Å²) in [6.45, 7) is 0.825. The molecule has 3 heteroatoms. The smallest absolute Gasteiger partial charge is 0.178 e. The van der Waals surface area contributed by atoms with Crippen molar-refractivity contribution in [3.05, 3.63) is 0 Å². The Hall–Kier alpha value is -0.0200. The number of carbonyl (C=O) groups is 1. The molecule has 0 aliphatic carbocycles. The summed E-state index contributed by atoms with van der Waals surface area (Å²) in [6, 6.07) is 0. The van der Waals surface area contributed by atoms with Crippen molar-refractivity contribution in [3.63, 3.8) is 0 Å². The van der Waals surface area contributed by atoms with Gasteiger partial charge >= 0.3 is 0 Å². The van der Waals surface area contributed by atoms with Crippen molar-refractivity contribution in [3.8, 4) is 0 Å². The minimum Gasteiger partial charge on any atom is -0.367 e. The fourth-order valence-electron chi connectivity index (χ4n) is 0.880. The molecule has 0 saturated carbocycles. The molecule has 1 rings (SSSR count). The molecule has 0 bridgehead atoms. The first-order valence-corrected chi connectivity index (χ1v) is 4.08. The average molecular weight is 146 g/mol. The van der Waals surface area contributed by atoms with Crippen LogP contribution < -0.4 is 0 Å². The van der Waals surface area contributed by atoms with Crippen molar-refractivity contribution in [1.82, 2.24) is 0 Å². The molecule has 2 nitrogen and oxygen atoms in total. The summed E-state index contributed by atoms with van der Waals surface area (Å²) in [5, 5.41) is 0. The second-order valence-corrected chi connectivity index (χ2v) is 3.02. The minimum atomic E-state index is 0.149. The molecule has 1 saturated heterocycles. The molecule has 0 radical (unpaired) electrons. The molecule has 1 heterocycles. The first-order valence-electron chi connectivity index (χ1n) is 3.14. The van der Waals surface area contributed by atoms with Crippen LogP contribution in [0.5, 0.6) is 0 Å². The Bertz CT molecular complexity index is 89.1. The van der Waals surface area contributed by atoms with Crippen molar-refractivity contribution in [2.75, 3.05) is 6.61 Å². The van der Waals surface area contributed by atoms with E-state index < -0.39 is 0 Å². The van der Waals surface area contributed by atoms with Gasteiger partial charge in [-0.2, -0.15) is 0 Å². The van der Waals surface area contributed by atoms with Crippen LogP contribution >= 0.6 is 11.8 Å². The molecule has 0 aromatic carbocycles. The van der Waals surface area contributed by atoms with Crippen molar-refractivity contribution in [1.29, 1.82) is 0 Å². The second-order valence-electron chi connectivity index (χ2n) is 2.03.